The molecule has 1 fully saturated rings. The van der Waals surface area contributed by atoms with Crippen LogP contribution in [-0.4, -0.2) is 52.4 Å². The fourth-order valence-corrected chi connectivity index (χ4v) is 4.00. The fraction of sp³-hybridized carbons (Fsp3) is 0.333. The Morgan fingerprint density at radius 3 is 2.76 bits per heavy atom. The third kappa shape index (κ3) is 3.07. The molecule has 1 amide bonds. The van der Waals surface area contributed by atoms with Gasteiger partial charge in [-0.1, -0.05) is 6.92 Å². The number of aromatic nitrogens is 3. The molecule has 3 aromatic rings. The number of aryl methyl sites for hydroxylation is 1. The Bertz CT molecular complexity index is 887. The molecule has 0 aliphatic carbocycles. The maximum atomic E-state index is 11.0. The number of carbonyl (C=O) groups is 1. The van der Waals surface area contributed by atoms with Gasteiger partial charge >= 0.3 is 0 Å². The monoisotopic (exact) mass is 353 g/mol. The summed E-state index contributed by atoms with van der Waals surface area (Å²) in [6.45, 7) is 5.18. The number of amides is 1. The van der Waals surface area contributed by atoms with Gasteiger partial charge in [0.1, 0.15) is 10.6 Å². The van der Waals surface area contributed by atoms with Gasteiger partial charge in [0.05, 0.1) is 5.39 Å². The Balaban J connectivity index is 1.80. The van der Waals surface area contributed by atoms with Gasteiger partial charge in [0, 0.05) is 49.0 Å². The lowest BCUT2D eigenvalue weighted by Crippen LogP contribution is -2.46. The van der Waals surface area contributed by atoms with Crippen molar-refractivity contribution in [2.45, 2.75) is 13.3 Å². The number of pyridine rings is 1. The Kier molecular flexibility index (Phi) is 4.31. The van der Waals surface area contributed by atoms with Crippen LogP contribution in [-0.2, 0) is 11.2 Å². The Labute approximate surface area is 150 Å². The molecular formula is C18H19N5OS. The minimum absolute atomic E-state index is 0.706. The van der Waals surface area contributed by atoms with E-state index < -0.39 is 0 Å². The first-order chi connectivity index (χ1) is 12.3. The number of fused-ring (bicyclic) bond motifs is 1. The number of piperazine rings is 1. The van der Waals surface area contributed by atoms with Crippen LogP contribution in [0.4, 0.5) is 5.82 Å². The number of hydrogen-bond acceptors (Lipinski definition) is 6. The van der Waals surface area contributed by atoms with Gasteiger partial charge in [-0.2, -0.15) is 0 Å². The lowest BCUT2D eigenvalue weighted by Gasteiger charge is -2.33. The van der Waals surface area contributed by atoms with Gasteiger partial charge in [0.25, 0.3) is 0 Å². The largest absolute Gasteiger partial charge is 0.352 e. The molecule has 3 aromatic heterocycles. The average molecular weight is 353 g/mol. The highest BCUT2D eigenvalue weighted by atomic mass is 32.1. The molecule has 4 rings (SSSR count). The molecule has 6 nitrogen and oxygen atoms in total. The van der Waals surface area contributed by atoms with E-state index in [1.165, 1.54) is 4.88 Å². The van der Waals surface area contributed by atoms with Crippen molar-refractivity contribution in [2.24, 2.45) is 0 Å². The number of carbonyl (C=O) groups excluding carboxylic acids is 1. The van der Waals surface area contributed by atoms with Gasteiger partial charge in [-0.3, -0.25) is 9.78 Å². The lowest BCUT2D eigenvalue weighted by molar-refractivity contribution is -0.118. The second-order valence-electron chi connectivity index (χ2n) is 6.03. The zero-order chi connectivity index (χ0) is 17.2. The van der Waals surface area contributed by atoms with Gasteiger partial charge in [0.15, 0.2) is 5.82 Å². The number of nitrogens with zero attached hydrogens (tertiary/aromatic N) is 5. The summed E-state index contributed by atoms with van der Waals surface area (Å²) in [5, 5.41) is 1.11. The van der Waals surface area contributed by atoms with Crippen LogP contribution in [0.25, 0.3) is 21.6 Å². The summed E-state index contributed by atoms with van der Waals surface area (Å²) in [6.07, 6.45) is 5.46. The maximum absolute atomic E-state index is 11.0. The zero-order valence-corrected chi connectivity index (χ0v) is 14.9. The van der Waals surface area contributed by atoms with Crippen LogP contribution in [0, 0.1) is 0 Å². The molecule has 0 saturated carbocycles. The van der Waals surface area contributed by atoms with Crippen molar-refractivity contribution < 1.29 is 4.79 Å². The number of thiophene rings is 1. The number of anilines is 1. The maximum Gasteiger partial charge on any atom is 0.209 e. The van der Waals surface area contributed by atoms with Gasteiger partial charge in [-0.05, 0) is 24.6 Å². The summed E-state index contributed by atoms with van der Waals surface area (Å²) in [4.78, 5) is 31.2. The molecule has 0 atom stereocenters. The molecule has 4 heterocycles. The van der Waals surface area contributed by atoms with Crippen LogP contribution in [0.15, 0.2) is 30.6 Å². The summed E-state index contributed by atoms with van der Waals surface area (Å²) in [7, 11) is 0. The van der Waals surface area contributed by atoms with Crippen LogP contribution in [0.3, 0.4) is 0 Å². The SMILES string of the molecule is CCc1cc2c(N3CCN(C=O)CC3)nc(-c3cccnc3)nc2s1. The van der Waals surface area contributed by atoms with Crippen LogP contribution < -0.4 is 4.90 Å². The van der Waals surface area contributed by atoms with E-state index in [0.29, 0.717) is 5.82 Å². The molecule has 1 saturated heterocycles. The van der Waals surface area contributed by atoms with Gasteiger partial charge in [-0.25, -0.2) is 9.97 Å². The van der Waals surface area contributed by atoms with E-state index in [2.05, 4.69) is 22.9 Å². The molecular weight excluding hydrogens is 334 g/mol. The van der Waals surface area contributed by atoms with E-state index in [1.54, 1.807) is 23.7 Å². The van der Waals surface area contributed by atoms with Crippen molar-refractivity contribution in [3.05, 3.63) is 35.5 Å². The first kappa shape index (κ1) is 16.0. The molecule has 1 aliphatic rings. The van der Waals surface area contributed by atoms with Crippen LogP contribution >= 0.6 is 11.3 Å². The Morgan fingerprint density at radius 1 is 1.24 bits per heavy atom. The van der Waals surface area contributed by atoms with Gasteiger partial charge in [0.2, 0.25) is 6.41 Å². The van der Waals surface area contributed by atoms with Crippen molar-refractivity contribution in [1.82, 2.24) is 19.9 Å². The molecule has 0 aromatic carbocycles. The summed E-state index contributed by atoms with van der Waals surface area (Å²) in [6, 6.07) is 6.09. The minimum atomic E-state index is 0.706. The molecule has 0 spiro atoms. The molecule has 25 heavy (non-hydrogen) atoms. The molecule has 0 radical (unpaired) electrons. The second-order valence-corrected chi connectivity index (χ2v) is 7.14. The van der Waals surface area contributed by atoms with Crippen LogP contribution in [0.2, 0.25) is 0 Å². The fourth-order valence-electron chi connectivity index (χ4n) is 3.03. The van der Waals surface area contributed by atoms with Gasteiger partial charge in [-0.15, -0.1) is 11.3 Å². The molecule has 0 bridgehead atoms. The Hall–Kier alpha value is -2.54. The first-order valence-electron chi connectivity index (χ1n) is 8.43. The molecule has 1 aliphatic heterocycles. The van der Waals surface area contributed by atoms with E-state index in [0.717, 1.165) is 60.6 Å². The molecule has 128 valence electrons. The van der Waals surface area contributed by atoms with Crippen molar-refractivity contribution in [1.29, 1.82) is 0 Å². The minimum Gasteiger partial charge on any atom is -0.352 e. The first-order valence-corrected chi connectivity index (χ1v) is 9.25. The summed E-state index contributed by atoms with van der Waals surface area (Å²) >= 11 is 1.72. The molecule has 0 N–H and O–H groups in total. The lowest BCUT2D eigenvalue weighted by atomic mass is 10.2. The third-order valence-electron chi connectivity index (χ3n) is 4.45. The van der Waals surface area contributed by atoms with Crippen molar-refractivity contribution in [3.8, 4) is 11.4 Å². The average Bonchev–Trinajstić information content (AvgIpc) is 3.11. The Morgan fingerprint density at radius 2 is 2.08 bits per heavy atom. The normalized spacial score (nSPS) is 14.9. The van der Waals surface area contributed by atoms with E-state index in [9.17, 15) is 4.79 Å². The number of hydrogen-bond donors (Lipinski definition) is 0. The van der Waals surface area contributed by atoms with E-state index in [1.807, 2.05) is 17.0 Å². The van der Waals surface area contributed by atoms with Crippen molar-refractivity contribution >= 4 is 33.8 Å². The highest BCUT2D eigenvalue weighted by Gasteiger charge is 2.21. The second kappa shape index (κ2) is 6.76. The number of rotatable bonds is 4. The predicted octanol–water partition coefficient (Wildman–Crippen LogP) is 2.59. The highest BCUT2D eigenvalue weighted by Crippen LogP contribution is 2.33. The summed E-state index contributed by atoms with van der Waals surface area (Å²) < 4.78 is 0. The van der Waals surface area contributed by atoms with Crippen LogP contribution in [0.5, 0.6) is 0 Å². The van der Waals surface area contributed by atoms with Crippen molar-refractivity contribution in [2.75, 3.05) is 31.1 Å². The van der Waals surface area contributed by atoms with E-state index >= 15 is 0 Å². The zero-order valence-electron chi connectivity index (χ0n) is 14.1. The standard InChI is InChI=1S/C18H19N5OS/c1-2-14-10-15-17(23-8-6-22(12-24)7-9-23)20-16(21-18(15)25-14)13-4-3-5-19-11-13/h3-5,10-12H,2,6-9H2,1H3. The van der Waals surface area contributed by atoms with Gasteiger partial charge < -0.3 is 9.80 Å². The smallest absolute Gasteiger partial charge is 0.209 e. The molecule has 0 unspecified atom stereocenters. The highest BCUT2D eigenvalue weighted by molar-refractivity contribution is 7.18. The topological polar surface area (TPSA) is 62.2 Å². The van der Waals surface area contributed by atoms with E-state index in [-0.39, 0.29) is 0 Å². The van der Waals surface area contributed by atoms with Crippen molar-refractivity contribution in [3.63, 3.8) is 0 Å². The summed E-state index contributed by atoms with van der Waals surface area (Å²) in [5.41, 5.74) is 0.920. The molecule has 7 heteroatoms. The predicted molar refractivity (Wildman–Crippen MR) is 99.9 cm³/mol. The van der Waals surface area contributed by atoms with Crippen LogP contribution in [0.1, 0.15) is 11.8 Å². The quantitative estimate of drug-likeness (QED) is 0.675. The van der Waals surface area contributed by atoms with E-state index in [4.69, 9.17) is 9.97 Å². The summed E-state index contributed by atoms with van der Waals surface area (Å²) in [5.74, 6) is 1.67. The third-order valence-corrected chi connectivity index (χ3v) is 5.63.